The molecule has 3 aromatic heterocycles. The molecule has 0 aliphatic carbocycles. The number of rotatable bonds is 2. The Morgan fingerprint density at radius 1 is 1.33 bits per heavy atom. The van der Waals surface area contributed by atoms with Crippen LogP contribution in [0.1, 0.15) is 30.9 Å². The molecular formula is C14H12N6O. The van der Waals surface area contributed by atoms with Crippen molar-refractivity contribution in [2.75, 3.05) is 0 Å². The second-order valence-corrected chi connectivity index (χ2v) is 4.92. The Bertz CT molecular complexity index is 901. The highest BCUT2D eigenvalue weighted by molar-refractivity contribution is 5.66. The van der Waals surface area contributed by atoms with Crippen LogP contribution < -0.4 is 5.56 Å². The summed E-state index contributed by atoms with van der Waals surface area (Å²) in [5.74, 6) is -0.0223. The molecule has 7 nitrogen and oxygen atoms in total. The van der Waals surface area contributed by atoms with Gasteiger partial charge in [-0.05, 0) is 5.92 Å². The Balaban J connectivity index is 2.45. The molecule has 0 aromatic carbocycles. The van der Waals surface area contributed by atoms with Crippen LogP contribution in [0, 0.1) is 11.3 Å². The van der Waals surface area contributed by atoms with Crippen molar-refractivity contribution >= 4 is 5.65 Å². The van der Waals surface area contributed by atoms with E-state index in [1.165, 1.54) is 17.0 Å². The maximum absolute atomic E-state index is 12.6. The van der Waals surface area contributed by atoms with Gasteiger partial charge in [0.25, 0.3) is 5.56 Å². The van der Waals surface area contributed by atoms with E-state index in [9.17, 15) is 4.79 Å². The second kappa shape index (κ2) is 4.83. The highest BCUT2D eigenvalue weighted by Crippen LogP contribution is 2.24. The van der Waals surface area contributed by atoms with Crippen LogP contribution in [0.15, 0.2) is 29.7 Å². The number of aromatic nitrogens is 5. The van der Waals surface area contributed by atoms with Crippen molar-refractivity contribution in [1.29, 1.82) is 5.26 Å². The van der Waals surface area contributed by atoms with Gasteiger partial charge in [-0.15, -0.1) is 0 Å². The monoisotopic (exact) mass is 280 g/mol. The fraction of sp³-hybridized carbons (Fsp3) is 0.214. The fourth-order valence-corrected chi connectivity index (χ4v) is 2.27. The van der Waals surface area contributed by atoms with Crippen LogP contribution in [0.3, 0.4) is 0 Å². The van der Waals surface area contributed by atoms with E-state index >= 15 is 0 Å². The number of hydrogen-bond acceptors (Lipinski definition) is 5. The normalized spacial score (nSPS) is 11.0. The molecule has 0 atom stereocenters. The Hall–Kier alpha value is -3.01. The van der Waals surface area contributed by atoms with Gasteiger partial charge in [-0.2, -0.15) is 5.26 Å². The summed E-state index contributed by atoms with van der Waals surface area (Å²) in [5.41, 5.74) is 2.16. The summed E-state index contributed by atoms with van der Waals surface area (Å²) in [7, 11) is 0. The molecule has 7 heteroatoms. The minimum atomic E-state index is -0.213. The average Bonchev–Trinajstić information content (AvgIpc) is 2.91. The van der Waals surface area contributed by atoms with Crippen LogP contribution in [-0.4, -0.2) is 24.6 Å². The summed E-state index contributed by atoms with van der Waals surface area (Å²) in [6.45, 7) is 3.85. The molecule has 0 amide bonds. The number of hydrogen-bond donors (Lipinski definition) is 1. The zero-order valence-electron chi connectivity index (χ0n) is 11.5. The van der Waals surface area contributed by atoms with Crippen molar-refractivity contribution in [2.45, 2.75) is 19.8 Å². The standard InChI is InChI=1S/C14H12N6O/c1-8(2)11-12(10-4-16-7-17-5-10)19-13-9(3-15)6-18-20(13)14(11)21/h4-8,18H,1-2H3. The molecule has 1 N–H and O–H groups in total. The van der Waals surface area contributed by atoms with Crippen LogP contribution in [0.4, 0.5) is 0 Å². The van der Waals surface area contributed by atoms with E-state index in [1.807, 2.05) is 19.9 Å². The molecule has 3 heterocycles. The van der Waals surface area contributed by atoms with Gasteiger partial charge in [0.2, 0.25) is 0 Å². The van der Waals surface area contributed by atoms with Crippen molar-refractivity contribution in [3.05, 3.63) is 46.4 Å². The van der Waals surface area contributed by atoms with E-state index in [-0.39, 0.29) is 11.5 Å². The number of H-pyrrole nitrogens is 1. The largest absolute Gasteiger partial charge is 0.295 e. The fourth-order valence-electron chi connectivity index (χ4n) is 2.27. The highest BCUT2D eigenvalue weighted by atomic mass is 16.1. The number of nitriles is 1. The molecule has 0 saturated carbocycles. The quantitative estimate of drug-likeness (QED) is 0.766. The minimum absolute atomic E-state index is 0.0223. The molecule has 0 saturated heterocycles. The van der Waals surface area contributed by atoms with Crippen LogP contribution in [0.5, 0.6) is 0 Å². The zero-order chi connectivity index (χ0) is 15.0. The van der Waals surface area contributed by atoms with Crippen LogP contribution in [0.25, 0.3) is 16.9 Å². The lowest BCUT2D eigenvalue weighted by atomic mass is 10.00. The molecule has 0 unspecified atom stereocenters. The molecule has 0 spiro atoms. The molecule has 3 rings (SSSR count). The molecule has 0 radical (unpaired) electrons. The van der Waals surface area contributed by atoms with Gasteiger partial charge >= 0.3 is 0 Å². The van der Waals surface area contributed by atoms with Crippen LogP contribution in [0.2, 0.25) is 0 Å². The predicted molar refractivity (Wildman–Crippen MR) is 75.6 cm³/mol. The molecule has 0 bridgehead atoms. The van der Waals surface area contributed by atoms with Crippen LogP contribution in [-0.2, 0) is 0 Å². The van der Waals surface area contributed by atoms with E-state index in [4.69, 9.17) is 5.26 Å². The van der Waals surface area contributed by atoms with Crippen molar-refractivity contribution in [2.24, 2.45) is 0 Å². The van der Waals surface area contributed by atoms with Gasteiger partial charge in [-0.25, -0.2) is 19.5 Å². The lowest BCUT2D eigenvalue weighted by molar-refractivity contribution is 0.797. The van der Waals surface area contributed by atoms with Gasteiger partial charge in [-0.1, -0.05) is 13.8 Å². The van der Waals surface area contributed by atoms with Gasteiger partial charge in [0.15, 0.2) is 5.65 Å². The first-order valence-electron chi connectivity index (χ1n) is 6.43. The first kappa shape index (κ1) is 13.0. The average molecular weight is 280 g/mol. The van der Waals surface area contributed by atoms with E-state index in [0.717, 1.165) is 0 Å². The van der Waals surface area contributed by atoms with Gasteiger partial charge in [0.1, 0.15) is 18.0 Å². The molecular weight excluding hydrogens is 268 g/mol. The highest BCUT2D eigenvalue weighted by Gasteiger charge is 2.19. The Morgan fingerprint density at radius 2 is 2.05 bits per heavy atom. The smallest absolute Gasteiger partial charge is 0.276 e. The summed E-state index contributed by atoms with van der Waals surface area (Å²) < 4.78 is 1.29. The zero-order valence-corrected chi connectivity index (χ0v) is 11.5. The SMILES string of the molecule is CC(C)c1c(-c2cncnc2)nc2c(C#N)c[nH]n2c1=O. The van der Waals surface area contributed by atoms with Gasteiger partial charge in [0.05, 0.1) is 5.69 Å². The molecule has 0 aliphatic heterocycles. The molecule has 104 valence electrons. The third kappa shape index (κ3) is 1.97. The number of nitrogens with one attached hydrogen (secondary N) is 1. The van der Waals surface area contributed by atoms with Gasteiger partial charge in [0, 0.05) is 29.7 Å². The second-order valence-electron chi connectivity index (χ2n) is 4.92. The first-order valence-corrected chi connectivity index (χ1v) is 6.43. The summed E-state index contributed by atoms with van der Waals surface area (Å²) in [4.78, 5) is 25.1. The van der Waals surface area contributed by atoms with Gasteiger partial charge < -0.3 is 0 Å². The summed E-state index contributed by atoms with van der Waals surface area (Å²) in [5, 5.41) is 11.9. The van der Waals surface area contributed by atoms with E-state index in [0.29, 0.717) is 28.0 Å². The van der Waals surface area contributed by atoms with Crippen LogP contribution >= 0.6 is 0 Å². The molecule has 0 aliphatic rings. The maximum atomic E-state index is 12.6. The number of nitrogens with zero attached hydrogens (tertiary/aromatic N) is 5. The molecule has 21 heavy (non-hydrogen) atoms. The molecule has 3 aromatic rings. The summed E-state index contributed by atoms with van der Waals surface area (Å²) in [6.07, 6.45) is 6.10. The predicted octanol–water partition coefficient (Wildman–Crippen LogP) is 1.47. The third-order valence-electron chi connectivity index (χ3n) is 3.23. The Kier molecular flexibility index (Phi) is 2.99. The number of fused-ring (bicyclic) bond motifs is 1. The van der Waals surface area contributed by atoms with Crippen molar-refractivity contribution in [3.8, 4) is 17.3 Å². The third-order valence-corrected chi connectivity index (χ3v) is 3.23. The van der Waals surface area contributed by atoms with Crippen molar-refractivity contribution < 1.29 is 0 Å². The molecule has 0 fully saturated rings. The van der Waals surface area contributed by atoms with E-state index < -0.39 is 0 Å². The van der Waals surface area contributed by atoms with E-state index in [1.54, 1.807) is 12.4 Å². The Morgan fingerprint density at radius 3 is 2.67 bits per heavy atom. The number of aromatic amines is 1. The van der Waals surface area contributed by atoms with Gasteiger partial charge in [-0.3, -0.25) is 9.89 Å². The minimum Gasteiger partial charge on any atom is -0.295 e. The Labute approximate surface area is 119 Å². The van der Waals surface area contributed by atoms with E-state index in [2.05, 4.69) is 20.1 Å². The lowest BCUT2D eigenvalue weighted by Crippen LogP contribution is -2.22. The van der Waals surface area contributed by atoms with Crippen molar-refractivity contribution in [1.82, 2.24) is 24.6 Å². The lowest BCUT2D eigenvalue weighted by Gasteiger charge is -2.11. The summed E-state index contributed by atoms with van der Waals surface area (Å²) >= 11 is 0. The first-order chi connectivity index (χ1) is 10.1. The maximum Gasteiger partial charge on any atom is 0.276 e. The van der Waals surface area contributed by atoms with Crippen molar-refractivity contribution in [3.63, 3.8) is 0 Å². The topological polar surface area (TPSA) is 99.7 Å². The summed E-state index contributed by atoms with van der Waals surface area (Å²) in [6, 6.07) is 2.02.